The Bertz CT molecular complexity index is 291. The summed E-state index contributed by atoms with van der Waals surface area (Å²) >= 11 is 0. The quantitative estimate of drug-likeness (QED) is 0.561. The fraction of sp³-hybridized carbons (Fsp3) is 0.308. The molecule has 0 aliphatic rings. The molecule has 0 aliphatic heterocycles. The second kappa shape index (κ2) is 7.80. The first-order valence-corrected chi connectivity index (χ1v) is 5.05. The van der Waals surface area contributed by atoms with Gasteiger partial charge in [0.15, 0.2) is 0 Å². The SMILES string of the molecule is C=CC(C(=O)OC)c1ccccc1.CC. The Hall–Kier alpha value is -1.57. The Morgan fingerprint density at radius 2 is 1.87 bits per heavy atom. The lowest BCUT2D eigenvalue weighted by atomic mass is 10.00. The van der Waals surface area contributed by atoms with E-state index in [1.165, 1.54) is 7.11 Å². The second-order valence-electron chi connectivity index (χ2n) is 2.65. The molecule has 0 saturated heterocycles. The lowest BCUT2D eigenvalue weighted by Crippen LogP contribution is -2.11. The maximum Gasteiger partial charge on any atom is 0.317 e. The highest BCUT2D eigenvalue weighted by molar-refractivity contribution is 5.80. The standard InChI is InChI=1S/C11H12O2.C2H6/c1-3-10(11(12)13-2)9-7-5-4-6-8-9;1-2/h3-8,10H,1H2,2H3;1-2H3. The van der Waals surface area contributed by atoms with E-state index in [0.29, 0.717) is 0 Å². The summed E-state index contributed by atoms with van der Waals surface area (Å²) in [6.07, 6.45) is 1.58. The molecule has 1 unspecified atom stereocenters. The third-order valence-electron chi connectivity index (χ3n) is 1.85. The van der Waals surface area contributed by atoms with Gasteiger partial charge in [-0.25, -0.2) is 0 Å². The van der Waals surface area contributed by atoms with Crippen molar-refractivity contribution in [1.29, 1.82) is 0 Å². The van der Waals surface area contributed by atoms with Crippen molar-refractivity contribution in [1.82, 2.24) is 0 Å². The van der Waals surface area contributed by atoms with E-state index in [-0.39, 0.29) is 11.9 Å². The van der Waals surface area contributed by atoms with Crippen molar-refractivity contribution in [2.24, 2.45) is 0 Å². The van der Waals surface area contributed by atoms with E-state index >= 15 is 0 Å². The maximum absolute atomic E-state index is 11.3. The first kappa shape index (κ1) is 13.4. The fourth-order valence-electron chi connectivity index (χ4n) is 1.16. The summed E-state index contributed by atoms with van der Waals surface area (Å²) in [5, 5.41) is 0. The molecule has 0 saturated carbocycles. The minimum atomic E-state index is -0.355. The topological polar surface area (TPSA) is 26.3 Å². The molecule has 0 aromatic heterocycles. The van der Waals surface area contributed by atoms with Crippen LogP contribution in [0.25, 0.3) is 0 Å². The third kappa shape index (κ3) is 3.98. The number of esters is 1. The van der Waals surface area contributed by atoms with E-state index in [9.17, 15) is 4.79 Å². The number of hydrogen-bond acceptors (Lipinski definition) is 2. The minimum absolute atomic E-state index is 0.277. The van der Waals surface area contributed by atoms with Gasteiger partial charge in [0.05, 0.1) is 13.0 Å². The zero-order chi connectivity index (χ0) is 11.7. The van der Waals surface area contributed by atoms with Crippen LogP contribution in [0.1, 0.15) is 25.3 Å². The minimum Gasteiger partial charge on any atom is -0.468 e. The molecule has 2 nitrogen and oxygen atoms in total. The van der Waals surface area contributed by atoms with Crippen molar-refractivity contribution in [2.75, 3.05) is 7.11 Å². The van der Waals surface area contributed by atoms with Crippen molar-refractivity contribution < 1.29 is 9.53 Å². The summed E-state index contributed by atoms with van der Waals surface area (Å²) in [6.45, 7) is 7.61. The zero-order valence-electron chi connectivity index (χ0n) is 9.57. The number of benzene rings is 1. The highest BCUT2D eigenvalue weighted by Gasteiger charge is 2.16. The molecule has 0 heterocycles. The molecule has 82 valence electrons. The van der Waals surface area contributed by atoms with Crippen LogP contribution in [0.15, 0.2) is 43.0 Å². The summed E-state index contributed by atoms with van der Waals surface area (Å²) in [5.74, 6) is -0.632. The van der Waals surface area contributed by atoms with Gasteiger partial charge in [-0.05, 0) is 5.56 Å². The number of carbonyl (C=O) groups is 1. The Morgan fingerprint density at radius 3 is 2.27 bits per heavy atom. The Balaban J connectivity index is 0.000000921. The monoisotopic (exact) mass is 206 g/mol. The van der Waals surface area contributed by atoms with E-state index in [1.807, 2.05) is 44.2 Å². The van der Waals surface area contributed by atoms with Gasteiger partial charge in [-0.15, -0.1) is 6.58 Å². The van der Waals surface area contributed by atoms with Crippen molar-refractivity contribution in [2.45, 2.75) is 19.8 Å². The summed E-state index contributed by atoms with van der Waals surface area (Å²) in [4.78, 5) is 11.3. The van der Waals surface area contributed by atoms with Gasteiger partial charge in [0.2, 0.25) is 0 Å². The summed E-state index contributed by atoms with van der Waals surface area (Å²) < 4.78 is 4.65. The van der Waals surface area contributed by atoms with E-state index < -0.39 is 0 Å². The first-order valence-electron chi connectivity index (χ1n) is 5.05. The maximum atomic E-state index is 11.3. The molecule has 0 fully saturated rings. The molecule has 1 rings (SSSR count). The molecule has 15 heavy (non-hydrogen) atoms. The van der Waals surface area contributed by atoms with Crippen LogP contribution in [0.4, 0.5) is 0 Å². The number of hydrogen-bond donors (Lipinski definition) is 0. The zero-order valence-corrected chi connectivity index (χ0v) is 9.57. The van der Waals surface area contributed by atoms with Crippen LogP contribution in [0.5, 0.6) is 0 Å². The fourth-order valence-corrected chi connectivity index (χ4v) is 1.16. The lowest BCUT2D eigenvalue weighted by molar-refractivity contribution is -0.141. The van der Waals surface area contributed by atoms with Crippen LogP contribution in [0.2, 0.25) is 0 Å². The predicted octanol–water partition coefficient (Wildman–Crippen LogP) is 3.16. The highest BCUT2D eigenvalue weighted by atomic mass is 16.5. The summed E-state index contributed by atoms with van der Waals surface area (Å²) in [5.41, 5.74) is 0.907. The smallest absolute Gasteiger partial charge is 0.317 e. The molecular weight excluding hydrogens is 188 g/mol. The molecule has 1 aromatic carbocycles. The average molecular weight is 206 g/mol. The van der Waals surface area contributed by atoms with E-state index in [2.05, 4.69) is 11.3 Å². The van der Waals surface area contributed by atoms with E-state index in [4.69, 9.17) is 0 Å². The van der Waals surface area contributed by atoms with Gasteiger partial charge in [0.1, 0.15) is 0 Å². The van der Waals surface area contributed by atoms with Gasteiger partial charge in [-0.3, -0.25) is 4.79 Å². The molecule has 1 aromatic rings. The van der Waals surface area contributed by atoms with E-state index in [1.54, 1.807) is 6.08 Å². The van der Waals surface area contributed by atoms with Crippen LogP contribution >= 0.6 is 0 Å². The van der Waals surface area contributed by atoms with Gasteiger partial charge < -0.3 is 4.74 Å². The molecule has 0 N–H and O–H groups in total. The Morgan fingerprint density at radius 1 is 1.33 bits per heavy atom. The van der Waals surface area contributed by atoms with Gasteiger partial charge in [-0.1, -0.05) is 50.3 Å². The van der Waals surface area contributed by atoms with E-state index in [0.717, 1.165) is 5.56 Å². The number of carbonyl (C=O) groups excluding carboxylic acids is 1. The molecule has 0 bridgehead atoms. The van der Waals surface area contributed by atoms with Gasteiger partial charge >= 0.3 is 5.97 Å². The number of ether oxygens (including phenoxy) is 1. The highest BCUT2D eigenvalue weighted by Crippen LogP contribution is 2.17. The molecule has 2 heteroatoms. The van der Waals surface area contributed by atoms with Crippen molar-refractivity contribution in [3.8, 4) is 0 Å². The summed E-state index contributed by atoms with van der Waals surface area (Å²) in [7, 11) is 1.38. The van der Waals surface area contributed by atoms with Crippen LogP contribution < -0.4 is 0 Å². The van der Waals surface area contributed by atoms with Gasteiger partial charge in [0.25, 0.3) is 0 Å². The van der Waals surface area contributed by atoms with Crippen LogP contribution in [-0.2, 0) is 9.53 Å². The average Bonchev–Trinajstić information content (AvgIpc) is 2.33. The first-order chi connectivity index (χ1) is 7.29. The van der Waals surface area contributed by atoms with Gasteiger partial charge in [0, 0.05) is 0 Å². The second-order valence-corrected chi connectivity index (χ2v) is 2.65. The lowest BCUT2D eigenvalue weighted by Gasteiger charge is -2.09. The summed E-state index contributed by atoms with van der Waals surface area (Å²) in [6, 6.07) is 9.43. The third-order valence-corrected chi connectivity index (χ3v) is 1.85. The van der Waals surface area contributed by atoms with Crippen LogP contribution in [-0.4, -0.2) is 13.1 Å². The molecule has 0 radical (unpaired) electrons. The Labute approximate surface area is 91.6 Å². The predicted molar refractivity (Wildman–Crippen MR) is 62.7 cm³/mol. The van der Waals surface area contributed by atoms with Crippen molar-refractivity contribution >= 4 is 5.97 Å². The number of methoxy groups -OCH3 is 1. The number of rotatable bonds is 3. The van der Waals surface area contributed by atoms with Crippen LogP contribution in [0.3, 0.4) is 0 Å². The van der Waals surface area contributed by atoms with Gasteiger partial charge in [-0.2, -0.15) is 0 Å². The molecular formula is C13H18O2. The molecule has 0 aliphatic carbocycles. The Kier molecular flexibility index (Phi) is 6.98. The molecule has 0 spiro atoms. The molecule has 0 amide bonds. The van der Waals surface area contributed by atoms with Crippen LogP contribution in [0, 0.1) is 0 Å². The van der Waals surface area contributed by atoms with Crippen molar-refractivity contribution in [3.63, 3.8) is 0 Å². The largest absolute Gasteiger partial charge is 0.468 e. The normalized spacial score (nSPS) is 10.6. The van der Waals surface area contributed by atoms with Crippen molar-refractivity contribution in [3.05, 3.63) is 48.6 Å². The molecule has 1 atom stereocenters.